The van der Waals surface area contributed by atoms with Crippen LogP contribution < -0.4 is 5.32 Å². The predicted octanol–water partition coefficient (Wildman–Crippen LogP) is 2.24. The quantitative estimate of drug-likeness (QED) is 0.938. The van der Waals surface area contributed by atoms with Crippen LogP contribution in [0.15, 0.2) is 28.8 Å². The minimum absolute atomic E-state index is 0.0748. The first-order chi connectivity index (χ1) is 10.0. The highest BCUT2D eigenvalue weighted by molar-refractivity contribution is 5.54. The third-order valence-electron chi connectivity index (χ3n) is 3.11. The molecule has 0 saturated carbocycles. The zero-order valence-electron chi connectivity index (χ0n) is 10.9. The van der Waals surface area contributed by atoms with Crippen LogP contribution in [0.1, 0.15) is 11.5 Å². The fourth-order valence-corrected chi connectivity index (χ4v) is 1.84. The summed E-state index contributed by atoms with van der Waals surface area (Å²) in [7, 11) is 0. The molecule has 0 atom stereocenters. The maximum Gasteiger partial charge on any atom is 0.471 e. The van der Waals surface area contributed by atoms with Crippen LogP contribution in [-0.4, -0.2) is 29.4 Å². The molecule has 1 fully saturated rings. The average molecular weight is 299 g/mol. The number of nitrogens with zero attached hydrogens (tertiary/aromatic N) is 2. The summed E-state index contributed by atoms with van der Waals surface area (Å²) in [6.07, 6.45) is -4.63. The second-order valence-corrected chi connectivity index (χ2v) is 4.73. The topological polar surface area (TPSA) is 60.2 Å². The van der Waals surface area contributed by atoms with Crippen LogP contribution in [0.5, 0.6) is 0 Å². The molecule has 1 N–H and O–H groups in total. The highest BCUT2D eigenvalue weighted by Crippen LogP contribution is 2.29. The van der Waals surface area contributed by atoms with Crippen molar-refractivity contribution in [2.24, 2.45) is 0 Å². The zero-order valence-corrected chi connectivity index (χ0v) is 10.9. The Balaban J connectivity index is 1.67. The first-order valence-electron chi connectivity index (χ1n) is 6.34. The van der Waals surface area contributed by atoms with Gasteiger partial charge in [0.1, 0.15) is 0 Å². The third-order valence-corrected chi connectivity index (χ3v) is 3.11. The van der Waals surface area contributed by atoms with E-state index in [9.17, 15) is 13.2 Å². The lowest BCUT2D eigenvalue weighted by Crippen LogP contribution is -2.45. The van der Waals surface area contributed by atoms with Gasteiger partial charge in [-0.25, -0.2) is 0 Å². The molecule has 1 aliphatic rings. The summed E-state index contributed by atoms with van der Waals surface area (Å²) < 4.78 is 46.4. The summed E-state index contributed by atoms with van der Waals surface area (Å²) in [5, 5.41) is 6.64. The fraction of sp³-hybridized carbons (Fsp3) is 0.385. The average Bonchev–Trinajstić information content (AvgIpc) is 2.87. The number of benzene rings is 1. The molecule has 21 heavy (non-hydrogen) atoms. The van der Waals surface area contributed by atoms with Crippen LogP contribution in [0.25, 0.3) is 11.4 Å². The molecule has 5 nitrogen and oxygen atoms in total. The minimum Gasteiger partial charge on any atom is -0.378 e. The number of hydrogen-bond acceptors (Lipinski definition) is 5. The summed E-state index contributed by atoms with van der Waals surface area (Å²) in [5.41, 5.74) is 1.50. The van der Waals surface area contributed by atoms with Crippen LogP contribution >= 0.6 is 0 Å². The van der Waals surface area contributed by atoms with E-state index in [0.29, 0.717) is 31.4 Å². The molecule has 1 aliphatic heterocycles. The maximum absolute atomic E-state index is 12.4. The van der Waals surface area contributed by atoms with E-state index in [4.69, 9.17) is 4.74 Å². The normalized spacial score (nSPS) is 16.0. The van der Waals surface area contributed by atoms with Crippen molar-refractivity contribution in [3.8, 4) is 11.4 Å². The summed E-state index contributed by atoms with van der Waals surface area (Å²) in [5.74, 6) is -1.41. The Morgan fingerprint density at radius 1 is 1.19 bits per heavy atom. The lowest BCUT2D eigenvalue weighted by atomic mass is 10.1. The molecule has 0 amide bonds. The lowest BCUT2D eigenvalue weighted by molar-refractivity contribution is -0.159. The van der Waals surface area contributed by atoms with Crippen molar-refractivity contribution in [2.75, 3.05) is 13.2 Å². The van der Waals surface area contributed by atoms with E-state index in [-0.39, 0.29) is 5.82 Å². The van der Waals surface area contributed by atoms with E-state index in [1.807, 2.05) is 12.1 Å². The van der Waals surface area contributed by atoms with E-state index in [2.05, 4.69) is 20.0 Å². The van der Waals surface area contributed by atoms with E-state index in [1.54, 1.807) is 12.1 Å². The molecule has 1 aromatic carbocycles. The van der Waals surface area contributed by atoms with Crippen molar-refractivity contribution in [1.29, 1.82) is 0 Å². The number of alkyl halides is 3. The van der Waals surface area contributed by atoms with Gasteiger partial charge in [0.2, 0.25) is 5.82 Å². The van der Waals surface area contributed by atoms with Gasteiger partial charge in [-0.05, 0) is 5.56 Å². The molecule has 0 unspecified atom stereocenters. The Morgan fingerprint density at radius 2 is 1.90 bits per heavy atom. The molecular weight excluding hydrogens is 287 g/mol. The third kappa shape index (κ3) is 3.22. The molecule has 1 saturated heterocycles. The van der Waals surface area contributed by atoms with Crippen LogP contribution in [0, 0.1) is 0 Å². The molecule has 3 rings (SSSR count). The van der Waals surface area contributed by atoms with Crippen molar-refractivity contribution in [3.63, 3.8) is 0 Å². The molecule has 2 aromatic rings. The lowest BCUT2D eigenvalue weighted by Gasteiger charge is -2.27. The van der Waals surface area contributed by atoms with Gasteiger partial charge in [0.05, 0.1) is 19.3 Å². The van der Waals surface area contributed by atoms with Gasteiger partial charge in [0, 0.05) is 12.1 Å². The van der Waals surface area contributed by atoms with Crippen LogP contribution in [-0.2, 0) is 17.5 Å². The zero-order chi connectivity index (χ0) is 14.9. The van der Waals surface area contributed by atoms with Crippen LogP contribution in [0.4, 0.5) is 13.2 Å². The summed E-state index contributed by atoms with van der Waals surface area (Å²) in [4.78, 5) is 3.34. The Kier molecular flexibility index (Phi) is 3.64. The summed E-state index contributed by atoms with van der Waals surface area (Å²) in [6, 6.07) is 7.33. The first-order valence-corrected chi connectivity index (χ1v) is 6.34. The second-order valence-electron chi connectivity index (χ2n) is 4.73. The molecule has 8 heteroatoms. The highest BCUT2D eigenvalue weighted by Gasteiger charge is 2.38. The van der Waals surface area contributed by atoms with Crippen molar-refractivity contribution in [3.05, 3.63) is 35.7 Å². The Hall–Kier alpha value is -1.93. The van der Waals surface area contributed by atoms with E-state index >= 15 is 0 Å². The number of hydrogen-bond donors (Lipinski definition) is 1. The monoisotopic (exact) mass is 299 g/mol. The number of nitrogens with one attached hydrogen (secondary N) is 1. The number of ether oxygens (including phenoxy) is 1. The van der Waals surface area contributed by atoms with Gasteiger partial charge in [-0.3, -0.25) is 0 Å². The van der Waals surface area contributed by atoms with E-state index in [0.717, 1.165) is 5.56 Å². The SMILES string of the molecule is FC(F)(F)c1nc(-c2ccc(CNC3COC3)cc2)no1. The van der Waals surface area contributed by atoms with Gasteiger partial charge in [-0.1, -0.05) is 29.4 Å². The van der Waals surface area contributed by atoms with Gasteiger partial charge >= 0.3 is 12.1 Å². The van der Waals surface area contributed by atoms with Gasteiger partial charge in [0.15, 0.2) is 0 Å². The van der Waals surface area contributed by atoms with E-state index in [1.165, 1.54) is 0 Å². The molecule has 0 spiro atoms. The van der Waals surface area contributed by atoms with Gasteiger partial charge in [-0.2, -0.15) is 18.2 Å². The van der Waals surface area contributed by atoms with Crippen LogP contribution in [0.3, 0.4) is 0 Å². The Labute approximate surface area is 118 Å². The number of rotatable bonds is 4. The smallest absolute Gasteiger partial charge is 0.378 e. The molecule has 0 radical (unpaired) electrons. The van der Waals surface area contributed by atoms with Gasteiger partial charge in [-0.15, -0.1) is 0 Å². The Morgan fingerprint density at radius 3 is 2.43 bits per heavy atom. The molecule has 1 aromatic heterocycles. The molecular formula is C13H12F3N3O2. The highest BCUT2D eigenvalue weighted by atomic mass is 19.4. The second kappa shape index (κ2) is 5.45. The minimum atomic E-state index is -4.63. The summed E-state index contributed by atoms with van der Waals surface area (Å²) >= 11 is 0. The van der Waals surface area contributed by atoms with Crippen molar-refractivity contribution < 1.29 is 22.4 Å². The number of halogens is 3. The molecule has 112 valence electrons. The van der Waals surface area contributed by atoms with Gasteiger partial charge < -0.3 is 14.6 Å². The van der Waals surface area contributed by atoms with Crippen molar-refractivity contribution in [1.82, 2.24) is 15.5 Å². The molecule has 0 bridgehead atoms. The van der Waals surface area contributed by atoms with Gasteiger partial charge in [0.25, 0.3) is 0 Å². The largest absolute Gasteiger partial charge is 0.471 e. The Bertz CT molecular complexity index is 606. The maximum atomic E-state index is 12.4. The number of aromatic nitrogens is 2. The van der Waals surface area contributed by atoms with Crippen LogP contribution in [0.2, 0.25) is 0 Å². The van der Waals surface area contributed by atoms with Crippen molar-refractivity contribution in [2.45, 2.75) is 18.8 Å². The first kappa shape index (κ1) is 14.0. The summed E-state index contributed by atoms with van der Waals surface area (Å²) in [6.45, 7) is 2.09. The molecule has 0 aliphatic carbocycles. The fourth-order valence-electron chi connectivity index (χ4n) is 1.84. The standard InChI is InChI=1S/C13H12F3N3O2/c14-13(15,16)12-18-11(19-21-12)9-3-1-8(2-4-9)5-17-10-6-20-7-10/h1-4,10,17H,5-7H2. The van der Waals surface area contributed by atoms with E-state index < -0.39 is 12.1 Å². The molecule has 2 heterocycles. The van der Waals surface area contributed by atoms with Crippen molar-refractivity contribution >= 4 is 0 Å². The predicted molar refractivity (Wildman–Crippen MR) is 66.2 cm³/mol.